The second kappa shape index (κ2) is 26.0. The number of benzene rings is 4. The number of nitrogens with zero attached hydrogens (tertiary/aromatic N) is 4. The Kier molecular flexibility index (Phi) is 19.6. The van der Waals surface area contributed by atoms with Crippen LogP contribution < -0.4 is 37.2 Å². The van der Waals surface area contributed by atoms with Crippen molar-refractivity contribution in [1.82, 2.24) is 26.1 Å². The first-order valence-corrected chi connectivity index (χ1v) is 31.8. The molecule has 2 aliphatic heterocycles. The maximum Gasteiger partial charge on any atom is 0.251 e. The maximum atomic E-state index is 14.1. The minimum absolute atomic E-state index is 0.0169. The number of aliphatic hydroxyl groups is 2. The standard InChI is InChI=1S/C35H51N5O4.C35H50N4O4/c1-19-22(10-9-11-27(19)23-12-24(33(42)37-6)14-26(13-23)39(7)8)18-40-32(31(21(3)41)30(17-36)44-40)34(43)38-29-16-25-15-28(20(29)2)35(25,4)5;1-19-23(10-9-11-28(19)25-12-24(21(3)40)13-27(14-25)38(7)8)18-39-33(32(22(4)41)31(17-36)43-39)34(42)37-30-16-26-15-29(20(30)2)35(26,5)6/h9-14,20-21,25,28-32,41H,15-18,36H2,1-8H3,(H,37,42)(H,38,43);9-14,20,22,26,29-33,41H,15-18,36H2,1-8H3,(H,37,42)/t20-,21-,25+,28-,29-,30-,31+,32-;20-,22-,26+,29-,30-,31-,32+,33-/m00/s1. The van der Waals surface area contributed by atoms with Crippen molar-refractivity contribution in [3.8, 4) is 22.3 Å². The molecule has 6 aliphatic carbocycles. The number of Topliss-reactive ketones (excluding diaryl/α,β-unsaturated/α-hetero) is 1. The van der Waals surface area contributed by atoms with E-state index in [0.29, 0.717) is 70.6 Å². The van der Waals surface area contributed by atoms with Gasteiger partial charge in [0.1, 0.15) is 12.1 Å². The molecule has 2 saturated heterocycles. The number of ketones is 1. The summed E-state index contributed by atoms with van der Waals surface area (Å²) in [5.74, 6) is 2.00. The zero-order valence-corrected chi connectivity index (χ0v) is 54.6. The van der Waals surface area contributed by atoms with Gasteiger partial charge in [-0.15, -0.1) is 0 Å². The van der Waals surface area contributed by atoms with Crippen LogP contribution in [-0.4, -0.2) is 141 Å². The molecule has 6 saturated carbocycles. The van der Waals surface area contributed by atoms with Gasteiger partial charge in [-0.3, -0.25) is 28.9 Å². The summed E-state index contributed by atoms with van der Waals surface area (Å²) in [5.41, 5.74) is 24.0. The summed E-state index contributed by atoms with van der Waals surface area (Å²) in [6, 6.07) is 22.9. The lowest BCUT2D eigenvalue weighted by molar-refractivity contribution is -0.176. The molecule has 2 heterocycles. The molecule has 16 atom stereocenters. The van der Waals surface area contributed by atoms with Gasteiger partial charge < -0.3 is 47.4 Å². The molecule has 8 aliphatic rings. The molecule has 17 heteroatoms. The topological polar surface area (TPSA) is 228 Å². The minimum Gasteiger partial charge on any atom is -0.393 e. The van der Waals surface area contributed by atoms with Crippen molar-refractivity contribution in [2.45, 2.75) is 164 Å². The summed E-state index contributed by atoms with van der Waals surface area (Å²) in [6.07, 6.45) is 1.96. The third-order valence-corrected chi connectivity index (χ3v) is 22.2. The van der Waals surface area contributed by atoms with E-state index in [-0.39, 0.29) is 48.7 Å². The molecule has 8 fully saturated rings. The monoisotopic (exact) mass is 1200 g/mol. The lowest BCUT2D eigenvalue weighted by atomic mass is 9.45. The predicted octanol–water partition coefficient (Wildman–Crippen LogP) is 8.27. The van der Waals surface area contributed by atoms with Crippen LogP contribution >= 0.6 is 0 Å². The molecule has 0 unspecified atom stereocenters. The van der Waals surface area contributed by atoms with E-state index in [2.05, 4.69) is 95.6 Å². The fourth-order valence-electron chi connectivity index (χ4n) is 16.3. The maximum absolute atomic E-state index is 14.1. The highest BCUT2D eigenvalue weighted by Crippen LogP contribution is 2.62. The van der Waals surface area contributed by atoms with Gasteiger partial charge in [-0.25, -0.2) is 0 Å². The van der Waals surface area contributed by atoms with E-state index in [1.165, 1.54) is 12.8 Å². The summed E-state index contributed by atoms with van der Waals surface area (Å²) < 4.78 is 0. The van der Waals surface area contributed by atoms with Gasteiger partial charge in [0.2, 0.25) is 11.8 Å². The Morgan fingerprint density at radius 1 is 0.632 bits per heavy atom. The van der Waals surface area contributed by atoms with E-state index in [0.717, 1.165) is 68.7 Å². The van der Waals surface area contributed by atoms with Gasteiger partial charge in [-0.1, -0.05) is 77.9 Å². The van der Waals surface area contributed by atoms with Crippen LogP contribution in [0, 0.1) is 72.0 Å². The number of fused-ring (bicyclic) bond motifs is 4. The number of hydroxylamine groups is 4. The number of rotatable bonds is 18. The summed E-state index contributed by atoms with van der Waals surface area (Å²) in [6.45, 7) is 24.2. The number of nitrogens with one attached hydrogen (secondary N) is 3. The number of anilines is 2. The summed E-state index contributed by atoms with van der Waals surface area (Å²) in [4.78, 5) is 69.8. The number of aliphatic hydroxyl groups excluding tert-OH is 2. The zero-order valence-electron chi connectivity index (χ0n) is 54.6. The lowest BCUT2D eigenvalue weighted by Gasteiger charge is -2.62. The highest BCUT2D eigenvalue weighted by molar-refractivity contribution is 5.97. The van der Waals surface area contributed by atoms with Gasteiger partial charge in [0, 0.05) is 94.7 Å². The predicted molar refractivity (Wildman–Crippen MR) is 344 cm³/mol. The first-order valence-electron chi connectivity index (χ1n) is 31.8. The Labute approximate surface area is 517 Å². The van der Waals surface area contributed by atoms with Gasteiger partial charge in [0.15, 0.2) is 5.78 Å². The number of amides is 3. The third kappa shape index (κ3) is 12.8. The van der Waals surface area contributed by atoms with Gasteiger partial charge in [0.25, 0.3) is 5.91 Å². The van der Waals surface area contributed by atoms with Gasteiger partial charge in [0.05, 0.1) is 37.5 Å². The minimum atomic E-state index is -0.773. The molecule has 9 N–H and O–H groups in total. The molecule has 87 heavy (non-hydrogen) atoms. The number of hydrogen-bond donors (Lipinski definition) is 7. The molecular weight excluding hydrogens is 1090 g/mol. The molecule has 3 amide bonds. The average molecular weight is 1200 g/mol. The van der Waals surface area contributed by atoms with Crippen molar-refractivity contribution in [1.29, 1.82) is 0 Å². The highest BCUT2D eigenvalue weighted by Gasteiger charge is 2.59. The number of nitrogens with two attached hydrogens (primary N) is 2. The largest absolute Gasteiger partial charge is 0.393 e. The highest BCUT2D eigenvalue weighted by atomic mass is 16.7. The SMILES string of the molecule is CC(=O)c1cc(-c2cccc(CN3O[C@@H](CN)[C@@H]([C@H](C)O)[C@H]3C(=O)N[C@H]3C[C@H]4C[C@@H]([C@@H]3C)C4(C)C)c2C)cc(N(C)C)c1.CNC(=O)c1cc(-c2cccc(CN3O[C@@H](CN)[C@@H]([C@H](C)O)[C@H]3C(=O)N[C@H]3C[C@H]4C[C@@H]([C@@H]3C)C4(C)C)c2C)cc(N(C)C)c1. The van der Waals surface area contributed by atoms with Crippen molar-refractivity contribution in [3.63, 3.8) is 0 Å². The Bertz CT molecular complexity index is 3180. The molecular formula is C70H101N9O8. The Morgan fingerprint density at radius 3 is 1.36 bits per heavy atom. The molecule has 0 spiro atoms. The fraction of sp³-hybridized carbons (Fsp3) is 0.600. The van der Waals surface area contributed by atoms with Crippen LogP contribution in [0.3, 0.4) is 0 Å². The van der Waals surface area contributed by atoms with Gasteiger partial charge >= 0.3 is 0 Å². The number of carbonyl (C=O) groups is 4. The van der Waals surface area contributed by atoms with E-state index in [1.807, 2.05) is 86.5 Å². The van der Waals surface area contributed by atoms with E-state index < -0.39 is 48.3 Å². The average Bonchev–Trinajstić information content (AvgIpc) is 1.38. The van der Waals surface area contributed by atoms with Crippen LogP contribution in [0.1, 0.15) is 131 Å². The smallest absolute Gasteiger partial charge is 0.251 e. The third-order valence-electron chi connectivity index (χ3n) is 22.2. The van der Waals surface area contributed by atoms with E-state index >= 15 is 0 Å². The molecule has 4 aromatic rings. The molecule has 0 radical (unpaired) electrons. The Morgan fingerprint density at radius 2 is 1.02 bits per heavy atom. The van der Waals surface area contributed by atoms with Crippen LogP contribution in [0.4, 0.5) is 11.4 Å². The van der Waals surface area contributed by atoms with Crippen LogP contribution in [0.2, 0.25) is 0 Å². The second-order valence-electron chi connectivity index (χ2n) is 28.2. The lowest BCUT2D eigenvalue weighted by Crippen LogP contribution is -2.62. The van der Waals surface area contributed by atoms with E-state index in [4.69, 9.17) is 21.1 Å². The summed E-state index contributed by atoms with van der Waals surface area (Å²) in [7, 11) is 9.47. The summed E-state index contributed by atoms with van der Waals surface area (Å²) in [5, 5.41) is 34.7. The van der Waals surface area contributed by atoms with Crippen molar-refractivity contribution in [3.05, 3.63) is 106 Å². The fourth-order valence-corrected chi connectivity index (χ4v) is 16.3. The van der Waals surface area contributed by atoms with Crippen LogP contribution in [0.15, 0.2) is 72.8 Å². The first-order chi connectivity index (χ1) is 41.0. The molecule has 474 valence electrons. The Balaban J connectivity index is 0.000000208. The number of carbonyl (C=O) groups excluding carboxylic acids is 4. The number of hydrogen-bond acceptors (Lipinski definition) is 14. The molecule has 12 rings (SSSR count). The Hall–Kier alpha value is -5.76. The zero-order chi connectivity index (χ0) is 63.5. The van der Waals surface area contributed by atoms with Crippen LogP contribution in [0.25, 0.3) is 22.3 Å². The van der Waals surface area contributed by atoms with E-state index in [9.17, 15) is 29.4 Å². The van der Waals surface area contributed by atoms with E-state index in [1.54, 1.807) is 37.9 Å². The molecule has 4 bridgehead atoms. The van der Waals surface area contributed by atoms with Gasteiger partial charge in [-0.2, -0.15) is 10.1 Å². The van der Waals surface area contributed by atoms with Crippen molar-refractivity contribution >= 4 is 34.9 Å². The van der Waals surface area contributed by atoms with Crippen molar-refractivity contribution < 1.29 is 39.1 Å². The quantitative estimate of drug-likeness (QED) is 0.0466. The van der Waals surface area contributed by atoms with Crippen LogP contribution in [-0.2, 0) is 32.4 Å². The van der Waals surface area contributed by atoms with Crippen molar-refractivity contribution in [2.24, 2.45) is 69.6 Å². The normalized spacial score (nSPS) is 30.2. The van der Waals surface area contributed by atoms with Gasteiger partial charge in [-0.05, 0) is 188 Å². The first kappa shape index (κ1) is 65.7. The molecule has 4 aromatic carbocycles. The summed E-state index contributed by atoms with van der Waals surface area (Å²) >= 11 is 0. The van der Waals surface area contributed by atoms with Crippen LogP contribution in [0.5, 0.6) is 0 Å². The van der Waals surface area contributed by atoms with Crippen molar-refractivity contribution in [2.75, 3.05) is 58.1 Å². The molecule has 0 aromatic heterocycles. The second-order valence-corrected chi connectivity index (χ2v) is 28.2. The molecule has 17 nitrogen and oxygen atoms in total.